The van der Waals surface area contributed by atoms with Crippen LogP contribution >= 0.6 is 0 Å². The van der Waals surface area contributed by atoms with Crippen LogP contribution in [0, 0.1) is 5.92 Å². The van der Waals surface area contributed by atoms with E-state index in [0.717, 1.165) is 30.1 Å². The van der Waals surface area contributed by atoms with Crippen LogP contribution in [-0.4, -0.2) is 29.7 Å². The molecule has 1 aromatic carbocycles. The van der Waals surface area contributed by atoms with Gasteiger partial charge in [0.25, 0.3) is 0 Å². The molecule has 1 aromatic heterocycles. The molecule has 4 heteroatoms. The molecule has 4 nitrogen and oxygen atoms in total. The second-order valence-corrected chi connectivity index (χ2v) is 5.12. The number of anilines is 1. The van der Waals surface area contributed by atoms with Crippen LogP contribution in [0.15, 0.2) is 24.3 Å². The fourth-order valence-electron chi connectivity index (χ4n) is 2.33. The third kappa shape index (κ3) is 2.48. The van der Waals surface area contributed by atoms with Gasteiger partial charge >= 0.3 is 0 Å². The van der Waals surface area contributed by atoms with Gasteiger partial charge in [-0.05, 0) is 18.1 Å². The Morgan fingerprint density at radius 3 is 2.72 bits per heavy atom. The zero-order valence-electron chi connectivity index (χ0n) is 11.4. The summed E-state index contributed by atoms with van der Waals surface area (Å²) in [4.78, 5) is 6.93. The molecule has 0 bridgehead atoms. The van der Waals surface area contributed by atoms with Gasteiger partial charge in [-0.15, -0.1) is 0 Å². The number of hydrogen-bond donors (Lipinski definition) is 1. The molecule has 2 aromatic rings. The van der Waals surface area contributed by atoms with Gasteiger partial charge in [-0.25, -0.2) is 4.98 Å². The van der Waals surface area contributed by atoms with E-state index in [9.17, 15) is 0 Å². The molecule has 0 saturated carbocycles. The van der Waals surface area contributed by atoms with Crippen molar-refractivity contribution in [2.75, 3.05) is 25.0 Å². The molecule has 98 valence electrons. The lowest BCUT2D eigenvalue weighted by atomic mass is 10.2. The highest BCUT2D eigenvalue weighted by molar-refractivity contribution is 5.78. The van der Waals surface area contributed by atoms with Crippen LogP contribution < -0.4 is 10.6 Å². The minimum atomic E-state index is 0.612. The summed E-state index contributed by atoms with van der Waals surface area (Å²) in [7, 11) is 2.09. The Hall–Kier alpha value is -1.55. The van der Waals surface area contributed by atoms with E-state index < -0.39 is 0 Å². The second kappa shape index (κ2) is 5.40. The summed E-state index contributed by atoms with van der Waals surface area (Å²) in [5.41, 5.74) is 7.91. The first-order chi connectivity index (χ1) is 8.63. The van der Waals surface area contributed by atoms with Gasteiger partial charge in [-0.3, -0.25) is 0 Å². The van der Waals surface area contributed by atoms with Crippen molar-refractivity contribution >= 4 is 17.0 Å². The van der Waals surface area contributed by atoms with E-state index in [0.29, 0.717) is 12.5 Å². The molecular weight excluding hydrogens is 224 g/mol. The zero-order chi connectivity index (χ0) is 13.1. The third-order valence-electron chi connectivity index (χ3n) is 2.97. The van der Waals surface area contributed by atoms with E-state index in [1.807, 2.05) is 12.1 Å². The van der Waals surface area contributed by atoms with Crippen molar-refractivity contribution < 1.29 is 0 Å². The van der Waals surface area contributed by atoms with Crippen LogP contribution in [0.4, 0.5) is 5.95 Å². The molecule has 0 spiro atoms. The van der Waals surface area contributed by atoms with E-state index in [4.69, 9.17) is 10.7 Å². The van der Waals surface area contributed by atoms with Crippen molar-refractivity contribution in [2.24, 2.45) is 11.7 Å². The predicted molar refractivity (Wildman–Crippen MR) is 76.9 cm³/mol. The zero-order valence-corrected chi connectivity index (χ0v) is 11.4. The molecule has 0 aliphatic rings. The van der Waals surface area contributed by atoms with E-state index in [-0.39, 0.29) is 0 Å². The van der Waals surface area contributed by atoms with Crippen LogP contribution in [0.5, 0.6) is 0 Å². The SMILES string of the molecule is CC(C)CN(C)c1nc2ccccc2n1CCN. The van der Waals surface area contributed by atoms with Gasteiger partial charge in [0, 0.05) is 26.7 Å². The lowest BCUT2D eigenvalue weighted by molar-refractivity contribution is 0.614. The first-order valence-corrected chi connectivity index (χ1v) is 6.50. The Morgan fingerprint density at radius 2 is 2.06 bits per heavy atom. The van der Waals surface area contributed by atoms with Crippen LogP contribution in [0.1, 0.15) is 13.8 Å². The first-order valence-electron chi connectivity index (χ1n) is 6.50. The van der Waals surface area contributed by atoms with Crippen molar-refractivity contribution in [2.45, 2.75) is 20.4 Å². The van der Waals surface area contributed by atoms with E-state index in [1.165, 1.54) is 0 Å². The molecule has 2 N–H and O–H groups in total. The smallest absolute Gasteiger partial charge is 0.206 e. The number of fused-ring (bicyclic) bond motifs is 1. The number of para-hydroxylation sites is 2. The fourth-order valence-corrected chi connectivity index (χ4v) is 2.33. The standard InChI is InChI=1S/C14H22N4/c1-11(2)10-17(3)14-16-12-6-4-5-7-13(12)18(14)9-8-15/h4-7,11H,8-10,15H2,1-3H3. The Labute approximate surface area is 108 Å². The third-order valence-corrected chi connectivity index (χ3v) is 2.97. The van der Waals surface area contributed by atoms with Gasteiger partial charge < -0.3 is 15.2 Å². The lowest BCUT2D eigenvalue weighted by Gasteiger charge is -2.21. The molecule has 1 heterocycles. The number of nitrogens with two attached hydrogens (primary N) is 1. The summed E-state index contributed by atoms with van der Waals surface area (Å²) < 4.78 is 2.21. The van der Waals surface area contributed by atoms with Crippen molar-refractivity contribution in [1.29, 1.82) is 0 Å². The molecule has 0 radical (unpaired) electrons. The molecule has 0 saturated heterocycles. The van der Waals surface area contributed by atoms with Gasteiger partial charge in [0.05, 0.1) is 11.0 Å². The van der Waals surface area contributed by atoms with Crippen molar-refractivity contribution in [3.63, 3.8) is 0 Å². The second-order valence-electron chi connectivity index (χ2n) is 5.12. The molecular formula is C14H22N4. The number of rotatable bonds is 5. The topological polar surface area (TPSA) is 47.1 Å². The quantitative estimate of drug-likeness (QED) is 0.878. The van der Waals surface area contributed by atoms with Gasteiger partial charge in [0.15, 0.2) is 0 Å². The molecule has 0 unspecified atom stereocenters. The monoisotopic (exact) mass is 246 g/mol. The van der Waals surface area contributed by atoms with E-state index in [1.54, 1.807) is 0 Å². The Balaban J connectivity index is 2.44. The van der Waals surface area contributed by atoms with Crippen LogP contribution in [0.3, 0.4) is 0 Å². The molecule has 0 aliphatic heterocycles. The lowest BCUT2D eigenvalue weighted by Crippen LogP contribution is -2.26. The Kier molecular flexibility index (Phi) is 3.87. The number of aromatic nitrogens is 2. The van der Waals surface area contributed by atoms with Gasteiger partial charge in [-0.1, -0.05) is 26.0 Å². The molecule has 0 amide bonds. The Morgan fingerprint density at radius 1 is 1.33 bits per heavy atom. The maximum absolute atomic E-state index is 5.71. The number of nitrogens with zero attached hydrogens (tertiary/aromatic N) is 3. The van der Waals surface area contributed by atoms with Crippen LogP contribution in [0.25, 0.3) is 11.0 Å². The minimum Gasteiger partial charge on any atom is -0.345 e. The summed E-state index contributed by atoms with van der Waals surface area (Å²) in [6.07, 6.45) is 0. The van der Waals surface area contributed by atoms with Gasteiger partial charge in [0.1, 0.15) is 0 Å². The van der Waals surface area contributed by atoms with Crippen LogP contribution in [-0.2, 0) is 6.54 Å². The molecule has 0 aliphatic carbocycles. The average Bonchev–Trinajstić information content (AvgIpc) is 2.68. The average molecular weight is 246 g/mol. The highest BCUT2D eigenvalue weighted by Gasteiger charge is 2.14. The van der Waals surface area contributed by atoms with Crippen LogP contribution in [0.2, 0.25) is 0 Å². The molecule has 0 fully saturated rings. The van der Waals surface area contributed by atoms with Crippen molar-refractivity contribution in [3.05, 3.63) is 24.3 Å². The fraction of sp³-hybridized carbons (Fsp3) is 0.500. The maximum atomic E-state index is 5.71. The molecule has 18 heavy (non-hydrogen) atoms. The minimum absolute atomic E-state index is 0.612. The largest absolute Gasteiger partial charge is 0.345 e. The molecule has 2 rings (SSSR count). The highest BCUT2D eigenvalue weighted by Crippen LogP contribution is 2.22. The summed E-state index contributed by atoms with van der Waals surface area (Å²) in [6.45, 7) is 6.86. The van der Waals surface area contributed by atoms with Gasteiger partial charge in [0.2, 0.25) is 5.95 Å². The van der Waals surface area contributed by atoms with E-state index >= 15 is 0 Å². The summed E-state index contributed by atoms with van der Waals surface area (Å²) in [5.74, 6) is 1.62. The summed E-state index contributed by atoms with van der Waals surface area (Å²) in [6, 6.07) is 8.22. The highest BCUT2D eigenvalue weighted by atomic mass is 15.3. The summed E-state index contributed by atoms with van der Waals surface area (Å²) >= 11 is 0. The normalized spacial score (nSPS) is 11.4. The van der Waals surface area contributed by atoms with Gasteiger partial charge in [-0.2, -0.15) is 0 Å². The maximum Gasteiger partial charge on any atom is 0.206 e. The Bertz CT molecular complexity index is 515. The predicted octanol–water partition coefficient (Wildman–Crippen LogP) is 2.09. The van der Waals surface area contributed by atoms with Crippen molar-refractivity contribution in [3.8, 4) is 0 Å². The first kappa shape index (κ1) is 12.9. The van der Waals surface area contributed by atoms with Crippen molar-refractivity contribution in [1.82, 2.24) is 9.55 Å². The number of hydrogen-bond acceptors (Lipinski definition) is 3. The van der Waals surface area contributed by atoms with E-state index in [2.05, 4.69) is 42.5 Å². The summed E-state index contributed by atoms with van der Waals surface area (Å²) in [5, 5.41) is 0. The number of benzene rings is 1. The molecule has 0 atom stereocenters. The number of imidazole rings is 1.